The Balaban J connectivity index is 1.23. The van der Waals surface area contributed by atoms with E-state index in [1.807, 2.05) is 6.07 Å². The molecule has 1 N–H and O–H groups in total. The van der Waals surface area contributed by atoms with Crippen molar-refractivity contribution < 1.29 is 19.3 Å². The van der Waals surface area contributed by atoms with Crippen LogP contribution in [0.15, 0.2) is 75.5 Å². The zero-order chi connectivity index (χ0) is 31.0. The van der Waals surface area contributed by atoms with Crippen molar-refractivity contribution in [3.05, 3.63) is 86.9 Å². The van der Waals surface area contributed by atoms with Gasteiger partial charge in [0.2, 0.25) is 11.8 Å². The zero-order valence-electron chi connectivity index (χ0n) is 22.9. The van der Waals surface area contributed by atoms with Crippen LogP contribution in [0.25, 0.3) is 16.3 Å². The number of carbonyl (C=O) groups is 3. The number of fused-ring (bicyclic) bond motifs is 2. The molecule has 4 aromatic rings. The molecule has 2 heterocycles. The number of imide groups is 1. The van der Waals surface area contributed by atoms with Crippen LogP contribution in [0, 0.1) is 33.3 Å². The van der Waals surface area contributed by atoms with Crippen LogP contribution in [0.2, 0.25) is 5.02 Å². The lowest BCUT2D eigenvalue weighted by atomic mass is 9.81. The standard InChI is InChI=1S/C31H22ClN5O5S2/c32-19-4-3-5-20(14-19)34-28(38)18(16-33)12-17-8-11-26(25(13-17)37(41)42)43-31-35-24-10-9-21(15-27(24)44-31)36-29(39)22-6-1-2-7-23(22)30(36)40/h3-5,8-15,22-23H,1-2,6-7H2,(H,34,38)/b18-12+/t22-,23-/m0/s1. The molecule has 1 saturated carbocycles. The maximum atomic E-state index is 13.1. The number of hydrogen-bond donors (Lipinski definition) is 1. The summed E-state index contributed by atoms with van der Waals surface area (Å²) in [5.74, 6) is -1.48. The highest BCUT2D eigenvalue weighted by Gasteiger charge is 2.48. The van der Waals surface area contributed by atoms with Crippen LogP contribution < -0.4 is 10.2 Å². The molecule has 3 aromatic carbocycles. The van der Waals surface area contributed by atoms with Gasteiger partial charge in [0.05, 0.1) is 37.6 Å². The first-order valence-corrected chi connectivity index (χ1v) is 15.7. The van der Waals surface area contributed by atoms with Crippen LogP contribution in [-0.2, 0) is 14.4 Å². The molecule has 13 heteroatoms. The minimum Gasteiger partial charge on any atom is -0.321 e. The normalized spacial score (nSPS) is 18.3. The van der Waals surface area contributed by atoms with Gasteiger partial charge in [0.25, 0.3) is 11.6 Å². The highest BCUT2D eigenvalue weighted by atomic mass is 35.5. The monoisotopic (exact) mass is 643 g/mol. The highest BCUT2D eigenvalue weighted by molar-refractivity contribution is 8.01. The summed E-state index contributed by atoms with van der Waals surface area (Å²) in [6.07, 6.45) is 4.64. The first kappa shape index (κ1) is 29.5. The maximum absolute atomic E-state index is 13.1. The number of benzene rings is 3. The van der Waals surface area contributed by atoms with Crippen molar-refractivity contribution >= 4 is 85.8 Å². The van der Waals surface area contributed by atoms with E-state index in [9.17, 15) is 29.8 Å². The summed E-state index contributed by atoms with van der Waals surface area (Å²) in [6.45, 7) is 0. The number of aromatic nitrogens is 1. The predicted octanol–water partition coefficient (Wildman–Crippen LogP) is 7.23. The molecular formula is C31H22ClN5O5S2. The molecule has 1 aliphatic heterocycles. The highest BCUT2D eigenvalue weighted by Crippen LogP contribution is 2.43. The Morgan fingerprint density at radius 3 is 2.55 bits per heavy atom. The molecule has 0 unspecified atom stereocenters. The van der Waals surface area contributed by atoms with Crippen molar-refractivity contribution in [3.8, 4) is 6.07 Å². The second-order valence-electron chi connectivity index (χ2n) is 10.4. The van der Waals surface area contributed by atoms with Gasteiger partial charge in [-0.2, -0.15) is 5.26 Å². The summed E-state index contributed by atoms with van der Waals surface area (Å²) in [6, 6.07) is 17.9. The largest absolute Gasteiger partial charge is 0.321 e. The van der Waals surface area contributed by atoms with Gasteiger partial charge < -0.3 is 5.32 Å². The summed E-state index contributed by atoms with van der Waals surface area (Å²) in [7, 11) is 0. The lowest BCUT2D eigenvalue weighted by Gasteiger charge is -2.19. The van der Waals surface area contributed by atoms with E-state index in [0.29, 0.717) is 36.7 Å². The van der Waals surface area contributed by atoms with Crippen molar-refractivity contribution in [2.75, 3.05) is 10.2 Å². The minimum absolute atomic E-state index is 0.149. The van der Waals surface area contributed by atoms with Gasteiger partial charge in [0.15, 0.2) is 4.34 Å². The molecule has 0 radical (unpaired) electrons. The number of nitrogens with one attached hydrogen (secondary N) is 1. The van der Waals surface area contributed by atoms with Gasteiger partial charge in [0, 0.05) is 16.8 Å². The molecule has 44 heavy (non-hydrogen) atoms. The molecule has 220 valence electrons. The van der Waals surface area contributed by atoms with Crippen LogP contribution in [0.3, 0.4) is 0 Å². The fourth-order valence-corrected chi connectivity index (χ4v) is 7.85. The number of nitro groups is 1. The molecule has 1 aliphatic carbocycles. The van der Waals surface area contributed by atoms with Crippen molar-refractivity contribution in [1.29, 1.82) is 5.26 Å². The third-order valence-corrected chi connectivity index (χ3v) is 9.97. The van der Waals surface area contributed by atoms with Crippen LogP contribution in [0.4, 0.5) is 17.1 Å². The quantitative estimate of drug-likeness (QED) is 0.0729. The Hall–Kier alpha value is -4.57. The Kier molecular flexibility index (Phi) is 8.18. The molecule has 1 saturated heterocycles. The van der Waals surface area contributed by atoms with Crippen LogP contribution >= 0.6 is 34.7 Å². The number of anilines is 2. The summed E-state index contributed by atoms with van der Waals surface area (Å²) < 4.78 is 1.28. The van der Waals surface area contributed by atoms with Gasteiger partial charge in [0.1, 0.15) is 11.6 Å². The van der Waals surface area contributed by atoms with Crippen LogP contribution in [-0.4, -0.2) is 27.6 Å². The van der Waals surface area contributed by atoms with Gasteiger partial charge in [-0.15, -0.1) is 11.3 Å². The average Bonchev–Trinajstić information content (AvgIpc) is 3.52. The SMILES string of the molecule is N#C/C(=C\c1ccc(Sc2nc3ccc(N4C(=O)[C@H]5CCCC[C@@H]5C4=O)cc3s2)c([N+](=O)[O-])c1)C(=O)Nc1cccc(Cl)c1. The maximum Gasteiger partial charge on any atom is 0.283 e. The molecule has 0 spiro atoms. The summed E-state index contributed by atoms with van der Waals surface area (Å²) in [4.78, 5) is 56.4. The number of hydrogen-bond acceptors (Lipinski definition) is 9. The molecular weight excluding hydrogens is 622 g/mol. The Labute approximate surface area is 264 Å². The number of halogens is 1. The second-order valence-corrected chi connectivity index (χ2v) is 13.1. The lowest BCUT2D eigenvalue weighted by Crippen LogP contribution is -2.30. The Morgan fingerprint density at radius 1 is 1.11 bits per heavy atom. The molecule has 2 aliphatic rings. The molecule has 1 aromatic heterocycles. The van der Waals surface area contributed by atoms with Crippen LogP contribution in [0.1, 0.15) is 31.2 Å². The predicted molar refractivity (Wildman–Crippen MR) is 168 cm³/mol. The number of rotatable bonds is 7. The van der Waals surface area contributed by atoms with E-state index in [1.54, 1.807) is 48.5 Å². The molecule has 6 rings (SSSR count). The Bertz CT molecular complexity index is 1910. The van der Waals surface area contributed by atoms with Crippen LogP contribution in [0.5, 0.6) is 0 Å². The zero-order valence-corrected chi connectivity index (χ0v) is 25.2. The smallest absolute Gasteiger partial charge is 0.283 e. The first-order valence-electron chi connectivity index (χ1n) is 13.7. The molecule has 0 bridgehead atoms. The molecule has 3 amide bonds. The van der Waals surface area contributed by atoms with Gasteiger partial charge in [-0.3, -0.25) is 29.4 Å². The third kappa shape index (κ3) is 5.81. The fraction of sp³-hybridized carbons (Fsp3) is 0.194. The van der Waals surface area contributed by atoms with E-state index in [4.69, 9.17) is 11.6 Å². The number of amides is 3. The topological polar surface area (TPSA) is 146 Å². The average molecular weight is 644 g/mol. The number of thiazole rings is 1. The first-order chi connectivity index (χ1) is 21.2. The van der Waals surface area contributed by atoms with E-state index < -0.39 is 10.8 Å². The van der Waals surface area contributed by atoms with E-state index >= 15 is 0 Å². The summed E-state index contributed by atoms with van der Waals surface area (Å²) >= 11 is 8.36. The molecule has 2 fully saturated rings. The van der Waals surface area contributed by atoms with E-state index in [1.165, 1.54) is 34.4 Å². The second kappa shape index (κ2) is 12.2. The van der Waals surface area contributed by atoms with Crippen molar-refractivity contribution in [2.24, 2.45) is 11.8 Å². The summed E-state index contributed by atoms with van der Waals surface area (Å²) in [5.41, 5.74) is 1.40. The van der Waals surface area contributed by atoms with Crippen molar-refractivity contribution in [2.45, 2.75) is 34.9 Å². The summed E-state index contributed by atoms with van der Waals surface area (Å²) in [5, 5.41) is 24.6. The molecule has 2 atom stereocenters. The third-order valence-electron chi connectivity index (χ3n) is 7.59. The van der Waals surface area contributed by atoms with E-state index in [-0.39, 0.29) is 34.9 Å². The number of nitrogens with zero attached hydrogens (tertiary/aromatic N) is 4. The molecule has 10 nitrogen and oxygen atoms in total. The van der Waals surface area contributed by atoms with Gasteiger partial charge >= 0.3 is 0 Å². The number of carbonyl (C=O) groups excluding carboxylic acids is 3. The number of nitriles is 1. The van der Waals surface area contributed by atoms with Gasteiger partial charge in [-0.05, 0) is 66.9 Å². The number of nitro benzene ring substituents is 1. The fourth-order valence-electron chi connectivity index (χ4n) is 5.52. The Morgan fingerprint density at radius 2 is 1.86 bits per heavy atom. The van der Waals surface area contributed by atoms with E-state index in [2.05, 4.69) is 10.3 Å². The van der Waals surface area contributed by atoms with Gasteiger partial charge in [-0.25, -0.2) is 4.98 Å². The minimum atomic E-state index is -0.680. The van der Waals surface area contributed by atoms with Gasteiger partial charge in [-0.1, -0.05) is 48.3 Å². The van der Waals surface area contributed by atoms with E-state index in [0.717, 1.165) is 42.1 Å². The lowest BCUT2D eigenvalue weighted by molar-refractivity contribution is -0.387. The van der Waals surface area contributed by atoms with Crippen molar-refractivity contribution in [3.63, 3.8) is 0 Å². The van der Waals surface area contributed by atoms with Crippen molar-refractivity contribution in [1.82, 2.24) is 4.98 Å².